The van der Waals surface area contributed by atoms with Gasteiger partial charge in [-0.3, -0.25) is 0 Å². The normalized spacial score (nSPS) is 10.3. The van der Waals surface area contributed by atoms with Gasteiger partial charge in [-0.15, -0.1) is 11.3 Å². The van der Waals surface area contributed by atoms with Gasteiger partial charge in [0.2, 0.25) is 0 Å². The van der Waals surface area contributed by atoms with Crippen LogP contribution in [0.1, 0.15) is 10.4 Å². The molecule has 0 unspecified atom stereocenters. The van der Waals surface area contributed by atoms with E-state index in [-0.39, 0.29) is 0 Å². The molecule has 0 saturated carbocycles. The molecule has 2 aromatic carbocycles. The van der Waals surface area contributed by atoms with Crippen molar-refractivity contribution in [3.05, 3.63) is 82.6 Å². The lowest BCUT2D eigenvalue weighted by Gasteiger charge is -2.12. The first-order valence-corrected chi connectivity index (χ1v) is 7.82. The van der Waals surface area contributed by atoms with Crippen LogP contribution in [-0.4, -0.2) is 0 Å². The maximum Gasteiger partial charge on any atom is 0.142 e. The van der Waals surface area contributed by atoms with Crippen molar-refractivity contribution in [2.45, 2.75) is 13.2 Å². The van der Waals surface area contributed by atoms with Crippen molar-refractivity contribution < 1.29 is 4.74 Å². The average molecular weight is 295 g/mol. The van der Waals surface area contributed by atoms with Crippen molar-refractivity contribution in [2.24, 2.45) is 0 Å². The largest absolute Gasteiger partial charge is 0.487 e. The highest BCUT2D eigenvalue weighted by Gasteiger charge is 2.03. The molecule has 0 atom stereocenters. The molecule has 21 heavy (non-hydrogen) atoms. The van der Waals surface area contributed by atoms with Crippen LogP contribution in [0.25, 0.3) is 0 Å². The fourth-order valence-corrected chi connectivity index (χ4v) is 2.71. The van der Waals surface area contributed by atoms with E-state index in [1.165, 1.54) is 10.4 Å². The van der Waals surface area contributed by atoms with Gasteiger partial charge in [0.15, 0.2) is 0 Å². The Balaban J connectivity index is 1.64. The number of nitrogens with one attached hydrogen (secondary N) is 1. The van der Waals surface area contributed by atoms with E-state index >= 15 is 0 Å². The summed E-state index contributed by atoms with van der Waals surface area (Å²) in [6.45, 7) is 1.40. The van der Waals surface area contributed by atoms with Gasteiger partial charge in [0.05, 0.1) is 5.69 Å². The van der Waals surface area contributed by atoms with Crippen LogP contribution in [0.15, 0.2) is 72.1 Å². The maximum absolute atomic E-state index is 5.93. The molecular weight excluding hydrogens is 278 g/mol. The molecule has 3 aromatic rings. The zero-order valence-electron chi connectivity index (χ0n) is 11.7. The second-order valence-corrected chi connectivity index (χ2v) is 5.74. The number of hydrogen-bond donors (Lipinski definition) is 1. The SMILES string of the molecule is c1ccc(COc2ccccc2NCc2cccs2)cc1. The van der Waals surface area contributed by atoms with Gasteiger partial charge in [0.1, 0.15) is 12.4 Å². The monoisotopic (exact) mass is 295 g/mol. The minimum absolute atomic E-state index is 0.582. The highest BCUT2D eigenvalue weighted by Crippen LogP contribution is 2.25. The van der Waals surface area contributed by atoms with Gasteiger partial charge in [0.25, 0.3) is 0 Å². The Morgan fingerprint density at radius 1 is 0.857 bits per heavy atom. The van der Waals surface area contributed by atoms with E-state index < -0.39 is 0 Å². The van der Waals surface area contributed by atoms with E-state index in [2.05, 4.69) is 35.0 Å². The van der Waals surface area contributed by atoms with Gasteiger partial charge >= 0.3 is 0 Å². The summed E-state index contributed by atoms with van der Waals surface area (Å²) < 4.78 is 5.93. The second kappa shape index (κ2) is 6.95. The molecule has 1 heterocycles. The van der Waals surface area contributed by atoms with Crippen LogP contribution in [0.4, 0.5) is 5.69 Å². The molecule has 0 spiro atoms. The highest BCUT2D eigenvalue weighted by atomic mass is 32.1. The fraction of sp³-hybridized carbons (Fsp3) is 0.111. The lowest BCUT2D eigenvalue weighted by atomic mass is 10.2. The van der Waals surface area contributed by atoms with E-state index in [1.54, 1.807) is 11.3 Å². The smallest absolute Gasteiger partial charge is 0.142 e. The van der Waals surface area contributed by atoms with E-state index in [0.717, 1.165) is 18.0 Å². The number of benzene rings is 2. The number of hydrogen-bond acceptors (Lipinski definition) is 3. The van der Waals surface area contributed by atoms with Crippen molar-refractivity contribution >= 4 is 17.0 Å². The zero-order valence-corrected chi connectivity index (χ0v) is 12.5. The van der Waals surface area contributed by atoms with Crippen LogP contribution in [0.2, 0.25) is 0 Å². The molecule has 3 heteroatoms. The third-order valence-corrected chi connectivity index (χ3v) is 4.03. The Morgan fingerprint density at radius 2 is 1.67 bits per heavy atom. The lowest BCUT2D eigenvalue weighted by molar-refractivity contribution is 0.307. The summed E-state index contributed by atoms with van der Waals surface area (Å²) in [5.41, 5.74) is 2.20. The van der Waals surface area contributed by atoms with Crippen LogP contribution in [0.5, 0.6) is 5.75 Å². The molecule has 0 bridgehead atoms. The summed E-state index contributed by atoms with van der Waals surface area (Å²) in [6, 6.07) is 22.5. The van der Waals surface area contributed by atoms with Crippen molar-refractivity contribution in [3.63, 3.8) is 0 Å². The first-order chi connectivity index (χ1) is 10.4. The first-order valence-electron chi connectivity index (χ1n) is 6.94. The zero-order chi connectivity index (χ0) is 14.3. The van der Waals surface area contributed by atoms with Gasteiger partial charge in [0, 0.05) is 11.4 Å². The van der Waals surface area contributed by atoms with Crippen LogP contribution in [0.3, 0.4) is 0 Å². The minimum Gasteiger partial charge on any atom is -0.487 e. The predicted octanol–water partition coefficient (Wildman–Crippen LogP) is 4.94. The Morgan fingerprint density at radius 3 is 2.48 bits per heavy atom. The predicted molar refractivity (Wildman–Crippen MR) is 88.9 cm³/mol. The lowest BCUT2D eigenvalue weighted by Crippen LogP contribution is -2.02. The topological polar surface area (TPSA) is 21.3 Å². The van der Waals surface area contributed by atoms with Crippen molar-refractivity contribution in [2.75, 3.05) is 5.32 Å². The van der Waals surface area contributed by atoms with Crippen molar-refractivity contribution in [3.8, 4) is 5.75 Å². The average Bonchev–Trinajstić information content (AvgIpc) is 3.06. The van der Waals surface area contributed by atoms with Crippen molar-refractivity contribution in [1.29, 1.82) is 0 Å². The third-order valence-electron chi connectivity index (χ3n) is 3.16. The second-order valence-electron chi connectivity index (χ2n) is 4.70. The third kappa shape index (κ3) is 3.86. The molecule has 1 N–H and O–H groups in total. The van der Waals surface area contributed by atoms with Gasteiger partial charge in [-0.1, -0.05) is 48.5 Å². The molecule has 1 aromatic heterocycles. The minimum atomic E-state index is 0.582. The quantitative estimate of drug-likeness (QED) is 0.695. The van der Waals surface area contributed by atoms with E-state index in [0.29, 0.717) is 6.61 Å². The maximum atomic E-state index is 5.93. The van der Waals surface area contributed by atoms with E-state index in [4.69, 9.17) is 4.74 Å². The van der Waals surface area contributed by atoms with Crippen LogP contribution < -0.4 is 10.1 Å². The Kier molecular flexibility index (Phi) is 4.54. The van der Waals surface area contributed by atoms with Crippen LogP contribution in [0, 0.1) is 0 Å². The number of rotatable bonds is 6. The summed E-state index contributed by atoms with van der Waals surface area (Å²) in [5, 5.41) is 5.53. The summed E-state index contributed by atoms with van der Waals surface area (Å²) >= 11 is 1.75. The van der Waals surface area contributed by atoms with E-state index in [1.807, 2.05) is 42.5 Å². The summed E-state index contributed by atoms with van der Waals surface area (Å²) in [6.07, 6.45) is 0. The number of para-hydroxylation sites is 2. The molecule has 0 saturated heterocycles. The Hall–Kier alpha value is -2.26. The molecule has 0 radical (unpaired) electrons. The summed E-state index contributed by atoms with van der Waals surface area (Å²) in [4.78, 5) is 1.31. The number of ether oxygens (including phenoxy) is 1. The molecule has 106 valence electrons. The standard InChI is InChI=1S/C18H17NOS/c1-2-7-15(8-3-1)14-20-18-11-5-4-10-17(18)19-13-16-9-6-12-21-16/h1-12,19H,13-14H2. The fourth-order valence-electron chi connectivity index (χ4n) is 2.07. The van der Waals surface area contributed by atoms with Crippen LogP contribution in [-0.2, 0) is 13.2 Å². The highest BCUT2D eigenvalue weighted by molar-refractivity contribution is 7.09. The number of thiophene rings is 1. The van der Waals surface area contributed by atoms with Gasteiger partial charge in [-0.25, -0.2) is 0 Å². The molecule has 0 amide bonds. The van der Waals surface area contributed by atoms with Crippen molar-refractivity contribution in [1.82, 2.24) is 0 Å². The van der Waals surface area contributed by atoms with Crippen LogP contribution >= 0.6 is 11.3 Å². The Labute approximate surface area is 129 Å². The van der Waals surface area contributed by atoms with Gasteiger partial charge < -0.3 is 10.1 Å². The molecule has 3 rings (SSSR count). The van der Waals surface area contributed by atoms with Gasteiger partial charge in [-0.2, -0.15) is 0 Å². The molecule has 2 nitrogen and oxygen atoms in total. The first kappa shape index (κ1) is 13.7. The Bertz CT molecular complexity index is 665. The summed E-state index contributed by atoms with van der Waals surface area (Å²) in [5.74, 6) is 0.887. The molecule has 0 aliphatic rings. The molecule has 0 fully saturated rings. The van der Waals surface area contributed by atoms with Gasteiger partial charge in [-0.05, 0) is 29.1 Å². The molecule has 0 aliphatic heterocycles. The molecule has 0 aliphatic carbocycles. The molecular formula is C18H17NOS. The summed E-state index contributed by atoms with van der Waals surface area (Å²) in [7, 11) is 0. The number of anilines is 1. The van der Waals surface area contributed by atoms with E-state index in [9.17, 15) is 0 Å².